The predicted octanol–water partition coefficient (Wildman–Crippen LogP) is 6.47. The zero-order chi connectivity index (χ0) is 25.7. The molecule has 0 fully saturated rings. The normalized spacial score (nSPS) is 12.1. The van der Waals surface area contributed by atoms with Gasteiger partial charge in [0.25, 0.3) is 0 Å². The molecule has 0 radical (unpaired) electrons. The van der Waals surface area contributed by atoms with Crippen LogP contribution in [-0.2, 0) is 9.16 Å². The summed E-state index contributed by atoms with van der Waals surface area (Å²) in [7, 11) is 0. The molecule has 8 nitrogen and oxygen atoms in total. The number of nitrogens with one attached hydrogen (secondary N) is 1. The largest absolute Gasteiger partial charge is 0.573 e. The van der Waals surface area contributed by atoms with E-state index < -0.39 is 18.6 Å². The summed E-state index contributed by atoms with van der Waals surface area (Å²) in [4.78, 5) is 20.8. The fourth-order valence-corrected chi connectivity index (χ4v) is 3.61. The Bertz CT molecular complexity index is 1310. The number of carbonyl (C=O) groups is 1. The van der Waals surface area contributed by atoms with Crippen LogP contribution in [0.5, 0.6) is 5.75 Å². The summed E-state index contributed by atoms with van der Waals surface area (Å²) in [5, 5.41) is 7.03. The van der Waals surface area contributed by atoms with Crippen molar-refractivity contribution in [3.8, 4) is 22.8 Å². The Kier molecular flexibility index (Phi) is 7.72. The molecule has 0 aliphatic carbocycles. The first-order valence-electron chi connectivity index (χ1n) is 10.6. The topological polar surface area (TPSA) is 91.2 Å². The molecule has 4 aromatic rings. The van der Waals surface area contributed by atoms with Crippen molar-refractivity contribution in [2.75, 3.05) is 5.32 Å². The number of nitrogens with zero attached hydrogens (tertiary/aromatic N) is 4. The van der Waals surface area contributed by atoms with Gasteiger partial charge in [0.05, 0.1) is 11.4 Å². The molecular formula is C24H19F3IN5O3. The molecule has 1 N–H and O–H groups in total. The van der Waals surface area contributed by atoms with E-state index >= 15 is 0 Å². The summed E-state index contributed by atoms with van der Waals surface area (Å²) < 4.78 is 48.5. The highest BCUT2D eigenvalue weighted by Gasteiger charge is 2.31. The Hall–Kier alpha value is -3.68. The Balaban J connectivity index is 1.35. The first-order chi connectivity index (χ1) is 17.2. The molecule has 0 aliphatic rings. The predicted molar refractivity (Wildman–Crippen MR) is 134 cm³/mol. The van der Waals surface area contributed by atoms with Gasteiger partial charge >= 0.3 is 12.5 Å². The molecule has 2 aromatic heterocycles. The van der Waals surface area contributed by atoms with Gasteiger partial charge in [0.15, 0.2) is 5.82 Å². The molecule has 12 heteroatoms. The highest BCUT2D eigenvalue weighted by molar-refractivity contribution is 14.1. The number of aromatic nitrogens is 4. The molecule has 1 amide bonds. The molecule has 1 atom stereocenters. The van der Waals surface area contributed by atoms with Crippen LogP contribution in [0, 0.1) is 0 Å². The third kappa shape index (κ3) is 6.71. The van der Waals surface area contributed by atoms with Crippen molar-refractivity contribution in [2.45, 2.75) is 23.8 Å². The lowest BCUT2D eigenvalue weighted by Crippen LogP contribution is -2.17. The van der Waals surface area contributed by atoms with E-state index in [0.29, 0.717) is 22.8 Å². The third-order valence-corrected chi connectivity index (χ3v) is 5.74. The molecule has 186 valence electrons. The van der Waals surface area contributed by atoms with Crippen LogP contribution in [0.1, 0.15) is 24.3 Å². The summed E-state index contributed by atoms with van der Waals surface area (Å²) in [6, 6.07) is 15.9. The molecule has 4 rings (SSSR count). The van der Waals surface area contributed by atoms with Crippen molar-refractivity contribution >= 4 is 34.4 Å². The van der Waals surface area contributed by atoms with E-state index in [1.807, 2.05) is 12.1 Å². The standard InChI is InChI=1S/C24H19F3IN5O3/c1-15(17-4-7-19(12-28)29-13-17)35-23(34)31-18-5-2-16(3-6-18)22-30-14-33(32-22)20-8-10-21(11-9-20)36-24(25,26)27/h2-11,13-15H,12H2,1H3,(H,31,34). The van der Waals surface area contributed by atoms with Crippen LogP contribution in [0.4, 0.5) is 23.7 Å². The summed E-state index contributed by atoms with van der Waals surface area (Å²) in [6.07, 6.45) is -2.69. The van der Waals surface area contributed by atoms with Crippen molar-refractivity contribution < 1.29 is 27.4 Å². The number of carbonyl (C=O) groups excluding carboxylic acids is 1. The minimum absolute atomic E-state index is 0.326. The van der Waals surface area contributed by atoms with Crippen LogP contribution < -0.4 is 10.1 Å². The van der Waals surface area contributed by atoms with E-state index in [4.69, 9.17) is 4.74 Å². The molecule has 0 saturated carbocycles. The SMILES string of the molecule is CC(OC(=O)Nc1ccc(-c2ncn(-c3ccc(OC(F)(F)F)cc3)n2)cc1)c1ccc(CI)nc1. The van der Waals surface area contributed by atoms with Gasteiger partial charge in [-0.3, -0.25) is 10.3 Å². The number of benzene rings is 2. The molecule has 36 heavy (non-hydrogen) atoms. The number of rotatable bonds is 7. The van der Waals surface area contributed by atoms with E-state index in [1.54, 1.807) is 37.4 Å². The second kappa shape index (κ2) is 10.9. The van der Waals surface area contributed by atoms with Gasteiger partial charge in [-0.2, -0.15) is 0 Å². The maximum atomic E-state index is 12.3. The lowest BCUT2D eigenvalue weighted by atomic mass is 10.2. The fourth-order valence-electron chi connectivity index (χ4n) is 3.15. The zero-order valence-corrected chi connectivity index (χ0v) is 20.9. The van der Waals surface area contributed by atoms with E-state index in [1.165, 1.54) is 35.3 Å². The zero-order valence-electron chi connectivity index (χ0n) is 18.7. The van der Waals surface area contributed by atoms with Gasteiger partial charge in [0.1, 0.15) is 18.2 Å². The number of ether oxygens (including phenoxy) is 2. The summed E-state index contributed by atoms with van der Waals surface area (Å²) in [5.41, 5.74) is 3.45. The van der Waals surface area contributed by atoms with Crippen molar-refractivity contribution in [2.24, 2.45) is 0 Å². The van der Waals surface area contributed by atoms with Crippen LogP contribution in [0.3, 0.4) is 0 Å². The van der Waals surface area contributed by atoms with E-state index in [9.17, 15) is 18.0 Å². The number of hydrogen-bond donors (Lipinski definition) is 1. The molecular weight excluding hydrogens is 590 g/mol. The first-order valence-corrected chi connectivity index (χ1v) is 12.1. The molecule has 0 spiro atoms. The van der Waals surface area contributed by atoms with Crippen LogP contribution in [0.15, 0.2) is 73.2 Å². The number of pyridine rings is 1. The average Bonchev–Trinajstić information content (AvgIpc) is 3.34. The quantitative estimate of drug-likeness (QED) is 0.191. The van der Waals surface area contributed by atoms with Crippen molar-refractivity contribution in [3.05, 3.63) is 84.4 Å². The Labute approximate surface area is 217 Å². The summed E-state index contributed by atoms with van der Waals surface area (Å²) >= 11 is 2.23. The first kappa shape index (κ1) is 25.4. The van der Waals surface area contributed by atoms with Gasteiger partial charge in [-0.05, 0) is 61.5 Å². The Morgan fingerprint density at radius 2 is 1.78 bits per heavy atom. The average molecular weight is 609 g/mol. The maximum absolute atomic E-state index is 12.3. The Morgan fingerprint density at radius 3 is 2.39 bits per heavy atom. The Morgan fingerprint density at radius 1 is 1.06 bits per heavy atom. The van der Waals surface area contributed by atoms with Crippen LogP contribution in [0.25, 0.3) is 17.1 Å². The third-order valence-electron chi connectivity index (χ3n) is 4.95. The van der Waals surface area contributed by atoms with E-state index in [0.717, 1.165) is 15.7 Å². The van der Waals surface area contributed by atoms with Gasteiger partial charge in [-0.15, -0.1) is 18.3 Å². The van der Waals surface area contributed by atoms with Crippen molar-refractivity contribution in [1.82, 2.24) is 19.7 Å². The summed E-state index contributed by atoms with van der Waals surface area (Å²) in [6.45, 7) is 1.77. The number of amides is 1. The molecule has 1 unspecified atom stereocenters. The molecule has 2 heterocycles. The number of anilines is 1. The highest BCUT2D eigenvalue weighted by Crippen LogP contribution is 2.24. The molecule has 2 aromatic carbocycles. The van der Waals surface area contributed by atoms with Crippen molar-refractivity contribution in [3.63, 3.8) is 0 Å². The number of halogens is 4. The minimum Gasteiger partial charge on any atom is -0.441 e. The minimum atomic E-state index is -4.75. The highest BCUT2D eigenvalue weighted by atomic mass is 127. The second-order valence-corrected chi connectivity index (χ2v) is 8.28. The van der Waals surface area contributed by atoms with Crippen LogP contribution in [0.2, 0.25) is 0 Å². The molecule has 0 aliphatic heterocycles. The smallest absolute Gasteiger partial charge is 0.441 e. The van der Waals surface area contributed by atoms with Gasteiger partial charge in [-0.25, -0.2) is 14.5 Å². The van der Waals surface area contributed by atoms with Crippen LogP contribution in [-0.4, -0.2) is 32.2 Å². The van der Waals surface area contributed by atoms with E-state index in [2.05, 4.69) is 47.7 Å². The number of hydrogen-bond acceptors (Lipinski definition) is 6. The van der Waals surface area contributed by atoms with Crippen molar-refractivity contribution in [1.29, 1.82) is 0 Å². The van der Waals surface area contributed by atoms with Gasteiger partial charge in [-0.1, -0.05) is 28.7 Å². The lowest BCUT2D eigenvalue weighted by Gasteiger charge is -2.14. The monoisotopic (exact) mass is 609 g/mol. The van der Waals surface area contributed by atoms with Crippen LogP contribution >= 0.6 is 22.6 Å². The molecule has 0 saturated heterocycles. The van der Waals surface area contributed by atoms with Gasteiger partial charge in [0.2, 0.25) is 0 Å². The molecule has 0 bridgehead atoms. The fraction of sp³-hybridized carbons (Fsp3) is 0.167. The lowest BCUT2D eigenvalue weighted by molar-refractivity contribution is -0.274. The second-order valence-electron chi connectivity index (χ2n) is 7.52. The van der Waals surface area contributed by atoms with E-state index in [-0.39, 0.29) is 5.75 Å². The van der Waals surface area contributed by atoms with Gasteiger partial charge < -0.3 is 9.47 Å². The number of alkyl halides is 4. The van der Waals surface area contributed by atoms with Gasteiger partial charge in [0, 0.05) is 27.4 Å². The summed E-state index contributed by atoms with van der Waals surface area (Å²) in [5.74, 6) is 0.0733. The maximum Gasteiger partial charge on any atom is 0.573 e.